The molecule has 0 atom stereocenters. The van der Waals surface area contributed by atoms with Crippen molar-refractivity contribution in [3.8, 4) is 0 Å². The number of aryl methyl sites for hydroxylation is 2. The zero-order valence-corrected chi connectivity index (χ0v) is 13.8. The van der Waals surface area contributed by atoms with Gasteiger partial charge in [-0.05, 0) is 44.5 Å². The van der Waals surface area contributed by atoms with Crippen molar-refractivity contribution in [1.82, 2.24) is 9.97 Å². The first-order valence-corrected chi connectivity index (χ1v) is 7.51. The molecule has 0 radical (unpaired) electrons. The van der Waals surface area contributed by atoms with Crippen LogP contribution in [0.5, 0.6) is 0 Å². The van der Waals surface area contributed by atoms with E-state index in [2.05, 4.69) is 20.6 Å². The molecular weight excluding hydrogens is 311 g/mol. The Morgan fingerprint density at radius 2 is 2.00 bits per heavy atom. The SMILES string of the molecule is CC(=O)c1cnc(NCCC(=O)Nc2ccc(F)cc2C)nc1C. The van der Waals surface area contributed by atoms with Gasteiger partial charge >= 0.3 is 0 Å². The number of nitrogens with zero attached hydrogens (tertiary/aromatic N) is 2. The fourth-order valence-electron chi connectivity index (χ4n) is 2.17. The summed E-state index contributed by atoms with van der Waals surface area (Å²) in [6.45, 7) is 5.25. The highest BCUT2D eigenvalue weighted by atomic mass is 19.1. The van der Waals surface area contributed by atoms with Crippen LogP contribution in [0.3, 0.4) is 0 Å². The number of nitrogens with one attached hydrogen (secondary N) is 2. The second kappa shape index (κ2) is 7.63. The molecule has 6 nitrogen and oxygen atoms in total. The minimum Gasteiger partial charge on any atom is -0.354 e. The van der Waals surface area contributed by atoms with Gasteiger partial charge in [0.25, 0.3) is 0 Å². The van der Waals surface area contributed by atoms with Crippen molar-refractivity contribution >= 4 is 23.3 Å². The van der Waals surface area contributed by atoms with Crippen LogP contribution in [0.25, 0.3) is 0 Å². The number of aromatic nitrogens is 2. The normalized spacial score (nSPS) is 10.3. The van der Waals surface area contributed by atoms with Crippen LogP contribution in [0.1, 0.15) is 35.0 Å². The highest BCUT2D eigenvalue weighted by Gasteiger charge is 2.08. The van der Waals surface area contributed by atoms with Crippen LogP contribution in [0.4, 0.5) is 16.0 Å². The van der Waals surface area contributed by atoms with E-state index in [0.29, 0.717) is 35.0 Å². The van der Waals surface area contributed by atoms with Crippen LogP contribution in [-0.2, 0) is 4.79 Å². The van der Waals surface area contributed by atoms with Gasteiger partial charge in [-0.1, -0.05) is 0 Å². The summed E-state index contributed by atoms with van der Waals surface area (Å²) in [5.74, 6) is -0.265. The van der Waals surface area contributed by atoms with Gasteiger partial charge in [-0.25, -0.2) is 14.4 Å². The number of carbonyl (C=O) groups is 2. The quantitative estimate of drug-likeness (QED) is 0.796. The minimum atomic E-state index is -0.339. The number of hydrogen-bond donors (Lipinski definition) is 2. The molecule has 1 aromatic heterocycles. The van der Waals surface area contributed by atoms with E-state index in [-0.39, 0.29) is 23.9 Å². The molecule has 0 aliphatic rings. The highest BCUT2D eigenvalue weighted by molar-refractivity contribution is 5.94. The van der Waals surface area contributed by atoms with E-state index in [0.717, 1.165) is 0 Å². The van der Waals surface area contributed by atoms with Crippen molar-refractivity contribution in [3.63, 3.8) is 0 Å². The molecule has 2 rings (SSSR count). The van der Waals surface area contributed by atoms with E-state index in [1.807, 2.05) is 0 Å². The monoisotopic (exact) mass is 330 g/mol. The van der Waals surface area contributed by atoms with Crippen molar-refractivity contribution in [2.45, 2.75) is 27.2 Å². The lowest BCUT2D eigenvalue weighted by atomic mass is 10.2. The number of benzene rings is 1. The lowest BCUT2D eigenvalue weighted by molar-refractivity contribution is -0.115. The number of halogens is 1. The van der Waals surface area contributed by atoms with Crippen molar-refractivity contribution in [1.29, 1.82) is 0 Å². The predicted octanol–water partition coefficient (Wildman–Crippen LogP) is 2.88. The number of carbonyl (C=O) groups excluding carboxylic acids is 2. The number of Topliss-reactive ketones (excluding diaryl/α,β-unsaturated/α-hetero) is 1. The Labute approximate surface area is 139 Å². The van der Waals surface area contributed by atoms with Crippen LogP contribution >= 0.6 is 0 Å². The molecule has 1 amide bonds. The van der Waals surface area contributed by atoms with E-state index >= 15 is 0 Å². The van der Waals surface area contributed by atoms with Gasteiger partial charge in [0.15, 0.2) is 5.78 Å². The zero-order chi connectivity index (χ0) is 17.7. The maximum Gasteiger partial charge on any atom is 0.226 e. The van der Waals surface area contributed by atoms with Gasteiger partial charge in [-0.2, -0.15) is 0 Å². The molecule has 0 bridgehead atoms. The summed E-state index contributed by atoms with van der Waals surface area (Å²) in [5, 5.41) is 5.67. The summed E-state index contributed by atoms with van der Waals surface area (Å²) >= 11 is 0. The van der Waals surface area contributed by atoms with E-state index in [1.165, 1.54) is 31.3 Å². The fraction of sp³-hybridized carbons (Fsp3) is 0.294. The van der Waals surface area contributed by atoms with Crippen molar-refractivity contribution < 1.29 is 14.0 Å². The summed E-state index contributed by atoms with van der Waals surface area (Å²) in [6.07, 6.45) is 1.67. The third-order valence-electron chi connectivity index (χ3n) is 3.46. The Hall–Kier alpha value is -2.83. The van der Waals surface area contributed by atoms with E-state index in [1.54, 1.807) is 13.8 Å². The summed E-state index contributed by atoms with van der Waals surface area (Å²) in [7, 11) is 0. The molecule has 0 fully saturated rings. The van der Waals surface area contributed by atoms with E-state index in [9.17, 15) is 14.0 Å². The van der Waals surface area contributed by atoms with Crippen molar-refractivity contribution in [3.05, 3.63) is 47.0 Å². The van der Waals surface area contributed by atoms with Crippen LogP contribution < -0.4 is 10.6 Å². The molecule has 2 N–H and O–H groups in total. The van der Waals surface area contributed by atoms with Crippen LogP contribution in [0.15, 0.2) is 24.4 Å². The topological polar surface area (TPSA) is 84.0 Å². The van der Waals surface area contributed by atoms with Gasteiger partial charge in [0.1, 0.15) is 5.82 Å². The lowest BCUT2D eigenvalue weighted by Crippen LogP contribution is -2.18. The molecule has 126 valence electrons. The largest absolute Gasteiger partial charge is 0.354 e. The van der Waals surface area contributed by atoms with E-state index < -0.39 is 0 Å². The Morgan fingerprint density at radius 3 is 2.62 bits per heavy atom. The Morgan fingerprint density at radius 1 is 1.25 bits per heavy atom. The first-order valence-electron chi connectivity index (χ1n) is 7.51. The third kappa shape index (κ3) is 4.58. The van der Waals surface area contributed by atoms with Gasteiger partial charge < -0.3 is 10.6 Å². The van der Waals surface area contributed by atoms with Gasteiger partial charge in [0.05, 0.1) is 11.3 Å². The fourth-order valence-corrected chi connectivity index (χ4v) is 2.17. The lowest BCUT2D eigenvalue weighted by Gasteiger charge is -2.09. The van der Waals surface area contributed by atoms with Gasteiger partial charge in [-0.3, -0.25) is 9.59 Å². The van der Waals surface area contributed by atoms with Gasteiger partial charge in [0, 0.05) is 24.8 Å². The summed E-state index contributed by atoms with van der Waals surface area (Å²) in [4.78, 5) is 31.5. The molecule has 0 saturated carbocycles. The smallest absolute Gasteiger partial charge is 0.226 e. The van der Waals surface area contributed by atoms with Crippen molar-refractivity contribution in [2.75, 3.05) is 17.2 Å². The molecule has 0 unspecified atom stereocenters. The standard InChI is InChI=1S/C17H19FN4O2/c1-10-8-13(18)4-5-15(10)22-16(24)6-7-19-17-20-9-14(12(3)23)11(2)21-17/h4-5,8-9H,6-7H2,1-3H3,(H,22,24)(H,19,20,21). The first kappa shape index (κ1) is 17.5. The second-order valence-corrected chi connectivity index (χ2v) is 5.43. The molecule has 24 heavy (non-hydrogen) atoms. The number of ketones is 1. The number of hydrogen-bond acceptors (Lipinski definition) is 5. The molecule has 1 aromatic carbocycles. The van der Waals surface area contributed by atoms with Crippen LogP contribution in [0, 0.1) is 19.7 Å². The highest BCUT2D eigenvalue weighted by Crippen LogP contribution is 2.15. The summed E-state index contributed by atoms with van der Waals surface area (Å²) in [5.41, 5.74) is 2.31. The molecular formula is C17H19FN4O2. The molecule has 1 heterocycles. The van der Waals surface area contributed by atoms with Crippen molar-refractivity contribution in [2.24, 2.45) is 0 Å². The Bertz CT molecular complexity index is 777. The first-order chi connectivity index (χ1) is 11.4. The minimum absolute atomic E-state index is 0.0897. The summed E-state index contributed by atoms with van der Waals surface area (Å²) in [6, 6.07) is 4.19. The molecule has 0 saturated heterocycles. The zero-order valence-electron chi connectivity index (χ0n) is 13.8. The maximum atomic E-state index is 13.0. The number of anilines is 2. The van der Waals surface area contributed by atoms with Crippen LogP contribution in [0.2, 0.25) is 0 Å². The van der Waals surface area contributed by atoms with Crippen LogP contribution in [-0.4, -0.2) is 28.2 Å². The second-order valence-electron chi connectivity index (χ2n) is 5.43. The Kier molecular flexibility index (Phi) is 5.57. The average molecular weight is 330 g/mol. The predicted molar refractivity (Wildman–Crippen MR) is 89.6 cm³/mol. The number of amides is 1. The molecule has 0 aliphatic heterocycles. The molecule has 0 aliphatic carbocycles. The third-order valence-corrected chi connectivity index (χ3v) is 3.46. The van der Waals surface area contributed by atoms with Gasteiger partial charge in [0.2, 0.25) is 11.9 Å². The Balaban J connectivity index is 1.86. The van der Waals surface area contributed by atoms with E-state index in [4.69, 9.17) is 0 Å². The summed E-state index contributed by atoms with van der Waals surface area (Å²) < 4.78 is 13.0. The van der Waals surface area contributed by atoms with Gasteiger partial charge in [-0.15, -0.1) is 0 Å². The molecule has 2 aromatic rings. The molecule has 0 spiro atoms. The maximum absolute atomic E-state index is 13.0. The molecule has 7 heteroatoms. The average Bonchev–Trinajstić information content (AvgIpc) is 2.50. The number of rotatable bonds is 6.